The van der Waals surface area contributed by atoms with Crippen LogP contribution in [0.3, 0.4) is 0 Å². The molecule has 9 atom stereocenters. The minimum atomic E-state index is -0.935. The molecule has 1 amide bonds. The first-order chi connectivity index (χ1) is 16.5. The van der Waals surface area contributed by atoms with Crippen molar-refractivity contribution in [2.45, 2.75) is 102 Å². The number of carbonyl (C=O) groups excluding carboxylic acids is 1. The molecule has 0 saturated carbocycles. The molecule has 3 heterocycles. The second kappa shape index (κ2) is 11.8. The van der Waals surface area contributed by atoms with E-state index in [-0.39, 0.29) is 36.5 Å². The average Bonchev–Trinajstić information content (AvgIpc) is 3.54. The molecule has 0 aromatic heterocycles. The maximum atomic E-state index is 12.1. The number of aliphatic hydroxyl groups is 2. The van der Waals surface area contributed by atoms with Gasteiger partial charge in [-0.05, 0) is 39.5 Å². The van der Waals surface area contributed by atoms with Gasteiger partial charge in [0.15, 0.2) is 0 Å². The molecule has 0 aromatic carbocycles. The third kappa shape index (κ3) is 7.72. The van der Waals surface area contributed by atoms with Crippen molar-refractivity contribution in [2.24, 2.45) is 5.92 Å². The molecule has 9 heteroatoms. The first-order valence-corrected chi connectivity index (χ1v) is 12.4. The topological polar surface area (TPSA) is 138 Å². The maximum absolute atomic E-state index is 12.1. The van der Waals surface area contributed by atoms with Crippen LogP contribution in [0.25, 0.3) is 0 Å². The van der Waals surface area contributed by atoms with Gasteiger partial charge in [0.05, 0.1) is 43.5 Å². The van der Waals surface area contributed by atoms with Crippen LogP contribution in [0.4, 0.5) is 0 Å². The molecular formula is C26H39NO8. The van der Waals surface area contributed by atoms with Crippen LogP contribution in [-0.2, 0) is 23.8 Å². The van der Waals surface area contributed by atoms with Gasteiger partial charge in [0, 0.05) is 12.5 Å². The van der Waals surface area contributed by atoms with E-state index in [0.717, 1.165) is 12.0 Å². The summed E-state index contributed by atoms with van der Waals surface area (Å²) in [6.07, 6.45) is 7.50. The van der Waals surface area contributed by atoms with Gasteiger partial charge in [-0.25, -0.2) is 0 Å². The zero-order valence-electron chi connectivity index (χ0n) is 20.9. The second-order valence-corrected chi connectivity index (χ2v) is 10.2. The summed E-state index contributed by atoms with van der Waals surface area (Å²) in [6, 6.07) is -0.0991. The number of carboxylic acids is 1. The van der Waals surface area contributed by atoms with E-state index in [4.69, 9.17) is 19.3 Å². The van der Waals surface area contributed by atoms with Crippen molar-refractivity contribution >= 4 is 11.9 Å². The Balaban J connectivity index is 1.52. The molecule has 3 aliphatic rings. The molecule has 3 saturated heterocycles. The van der Waals surface area contributed by atoms with E-state index in [1.54, 1.807) is 13.0 Å². The Bertz CT molecular complexity index is 846. The molecule has 0 bridgehead atoms. The van der Waals surface area contributed by atoms with E-state index in [2.05, 4.69) is 18.3 Å². The average molecular weight is 494 g/mol. The molecule has 3 fully saturated rings. The van der Waals surface area contributed by atoms with E-state index < -0.39 is 36.0 Å². The van der Waals surface area contributed by atoms with Crippen molar-refractivity contribution in [3.8, 4) is 0 Å². The van der Waals surface area contributed by atoms with Gasteiger partial charge in [0.25, 0.3) is 0 Å². The predicted octanol–water partition coefficient (Wildman–Crippen LogP) is 1.88. The largest absolute Gasteiger partial charge is 0.481 e. The Morgan fingerprint density at radius 1 is 1.23 bits per heavy atom. The van der Waals surface area contributed by atoms with E-state index in [9.17, 15) is 19.8 Å². The molecule has 35 heavy (non-hydrogen) atoms. The van der Waals surface area contributed by atoms with E-state index in [0.29, 0.717) is 19.4 Å². The molecule has 0 aliphatic carbocycles. The molecule has 1 spiro atoms. The summed E-state index contributed by atoms with van der Waals surface area (Å²) in [7, 11) is 0. The number of rotatable bonds is 9. The third-order valence-corrected chi connectivity index (χ3v) is 6.98. The van der Waals surface area contributed by atoms with Crippen LogP contribution in [0.1, 0.15) is 53.4 Å². The lowest BCUT2D eigenvalue weighted by atomic mass is 9.87. The Kier molecular flexibility index (Phi) is 9.28. The monoisotopic (exact) mass is 493 g/mol. The molecule has 196 valence electrons. The molecular weight excluding hydrogens is 454 g/mol. The highest BCUT2D eigenvalue weighted by atomic mass is 16.6. The minimum absolute atomic E-state index is 0.00843. The maximum Gasteiger partial charge on any atom is 0.305 e. The van der Waals surface area contributed by atoms with Crippen LogP contribution < -0.4 is 5.32 Å². The van der Waals surface area contributed by atoms with Crippen molar-refractivity contribution in [1.82, 2.24) is 5.32 Å². The number of carbonyl (C=O) groups is 2. The number of amides is 1. The highest BCUT2D eigenvalue weighted by Crippen LogP contribution is 2.43. The fourth-order valence-corrected chi connectivity index (χ4v) is 4.78. The molecule has 3 rings (SSSR count). The minimum Gasteiger partial charge on any atom is -0.481 e. The molecule has 0 aromatic rings. The Morgan fingerprint density at radius 2 is 1.94 bits per heavy atom. The summed E-state index contributed by atoms with van der Waals surface area (Å²) in [5.74, 6) is -0.943. The van der Waals surface area contributed by atoms with Crippen LogP contribution in [-0.4, -0.2) is 82.1 Å². The predicted molar refractivity (Wildman–Crippen MR) is 129 cm³/mol. The smallest absolute Gasteiger partial charge is 0.305 e. The third-order valence-electron chi connectivity index (χ3n) is 6.98. The normalized spacial score (nSPS) is 38.7. The van der Waals surface area contributed by atoms with Gasteiger partial charge in [0.2, 0.25) is 5.91 Å². The van der Waals surface area contributed by atoms with Gasteiger partial charge in [-0.2, -0.15) is 0 Å². The number of aliphatic hydroxyl groups excluding tert-OH is 2. The number of allylic oxidation sites excluding steroid dienone is 2. The summed E-state index contributed by atoms with van der Waals surface area (Å²) in [4.78, 5) is 23.2. The van der Waals surface area contributed by atoms with Gasteiger partial charge in [-0.1, -0.05) is 36.8 Å². The Morgan fingerprint density at radius 3 is 2.57 bits per heavy atom. The molecule has 0 unspecified atom stereocenters. The highest BCUT2D eigenvalue weighted by Gasteiger charge is 2.58. The highest BCUT2D eigenvalue weighted by molar-refractivity contribution is 5.87. The van der Waals surface area contributed by atoms with E-state index in [1.165, 1.54) is 12.2 Å². The summed E-state index contributed by atoms with van der Waals surface area (Å²) in [5.41, 5.74) is 0.291. The number of carboxylic acid groups (broad SMARTS) is 1. The van der Waals surface area contributed by atoms with Gasteiger partial charge < -0.3 is 34.8 Å². The summed E-state index contributed by atoms with van der Waals surface area (Å²) in [6.45, 7) is 8.01. The molecule has 4 N–H and O–H groups in total. The number of ether oxygens (including phenoxy) is 3. The van der Waals surface area contributed by atoms with Gasteiger partial charge in [0.1, 0.15) is 17.8 Å². The number of aliphatic carboxylic acids is 1. The fraction of sp³-hybridized carbons (Fsp3) is 0.692. The molecule has 0 radical (unpaired) electrons. The van der Waals surface area contributed by atoms with Crippen LogP contribution in [0.15, 0.2) is 36.0 Å². The van der Waals surface area contributed by atoms with E-state index in [1.807, 2.05) is 19.9 Å². The zero-order chi connectivity index (χ0) is 25.8. The van der Waals surface area contributed by atoms with Gasteiger partial charge in [-0.3, -0.25) is 9.59 Å². The van der Waals surface area contributed by atoms with Gasteiger partial charge >= 0.3 is 5.97 Å². The lowest BCUT2D eigenvalue weighted by Crippen LogP contribution is -2.50. The number of nitrogens with one attached hydrogen (secondary N) is 1. The van der Waals surface area contributed by atoms with Crippen molar-refractivity contribution in [1.29, 1.82) is 0 Å². The summed E-state index contributed by atoms with van der Waals surface area (Å²) >= 11 is 0. The Hall–Kier alpha value is -2.04. The van der Waals surface area contributed by atoms with Crippen LogP contribution in [0, 0.1) is 5.92 Å². The second-order valence-electron chi connectivity index (χ2n) is 10.2. The fourth-order valence-electron chi connectivity index (χ4n) is 4.78. The first kappa shape index (κ1) is 27.5. The lowest BCUT2D eigenvalue weighted by Gasteiger charge is -2.39. The van der Waals surface area contributed by atoms with Crippen molar-refractivity contribution in [3.05, 3.63) is 36.0 Å². The quantitative estimate of drug-likeness (QED) is 0.217. The van der Waals surface area contributed by atoms with Crippen molar-refractivity contribution < 1.29 is 39.1 Å². The number of epoxide rings is 1. The SMILES string of the molecule is CC(/C=C/[C@H]1O[C@H](CC(=O)O)C[C@@]2(CO2)[C@H]1O)=C\C[C@@H]1O[C@H](C)[C@H](NC(=O)/C=C\[C@H](C)O)C[C@@H]1C. The lowest BCUT2D eigenvalue weighted by molar-refractivity contribution is -0.155. The standard InChI is InChI=1S/C26H39NO8/c1-15(6-9-22-25(32)26(14-33-26)13-19(35-22)12-24(30)31)5-8-21-16(2)11-20(18(4)34-21)27-23(29)10-7-17(3)28/h5-7,9-10,16-22,25,28,32H,8,11-14H2,1-4H3,(H,27,29)(H,30,31)/b9-6+,10-7-,15-5+/t16-,17-,18+,19+,20+,21-,22+,25-,26+/m0/s1. The number of hydrogen-bond donors (Lipinski definition) is 4. The Labute approximate surface area is 206 Å². The van der Waals surface area contributed by atoms with E-state index >= 15 is 0 Å². The van der Waals surface area contributed by atoms with Crippen LogP contribution in [0.2, 0.25) is 0 Å². The van der Waals surface area contributed by atoms with Gasteiger partial charge in [-0.15, -0.1) is 0 Å². The summed E-state index contributed by atoms with van der Waals surface area (Å²) in [5, 5.41) is 32.0. The first-order valence-electron chi connectivity index (χ1n) is 12.4. The van der Waals surface area contributed by atoms with Crippen LogP contribution >= 0.6 is 0 Å². The van der Waals surface area contributed by atoms with Crippen molar-refractivity contribution in [3.63, 3.8) is 0 Å². The van der Waals surface area contributed by atoms with Crippen LogP contribution in [0.5, 0.6) is 0 Å². The molecule has 3 aliphatic heterocycles. The van der Waals surface area contributed by atoms with Crippen molar-refractivity contribution in [2.75, 3.05) is 6.61 Å². The molecule has 9 nitrogen and oxygen atoms in total. The number of hydrogen-bond acceptors (Lipinski definition) is 7. The zero-order valence-corrected chi connectivity index (χ0v) is 20.9. The summed E-state index contributed by atoms with van der Waals surface area (Å²) < 4.78 is 17.5.